The number of carbonyl (C=O) groups excluding carboxylic acids is 2. The molecule has 0 amide bonds. The van der Waals surface area contributed by atoms with Crippen molar-refractivity contribution in [3.63, 3.8) is 0 Å². The highest BCUT2D eigenvalue weighted by Crippen LogP contribution is 2.31. The average molecular weight is 466 g/mol. The van der Waals surface area contributed by atoms with E-state index >= 15 is 0 Å². The van der Waals surface area contributed by atoms with Crippen LogP contribution in [0.1, 0.15) is 27.3 Å². The average Bonchev–Trinajstić information content (AvgIpc) is 3.10. The minimum Gasteiger partial charge on any atom is -0.486 e. The number of carbonyl (C=O) groups is 2. The number of aryl methyl sites for hydroxylation is 1. The second kappa shape index (κ2) is 9.96. The molecule has 7 heteroatoms. The minimum atomic E-state index is -0.608. The second-order valence-electron chi connectivity index (χ2n) is 7.78. The Morgan fingerprint density at radius 3 is 2.64 bits per heavy atom. The van der Waals surface area contributed by atoms with Gasteiger partial charge in [-0.25, -0.2) is 4.79 Å². The van der Waals surface area contributed by atoms with Crippen LogP contribution in [0.25, 0.3) is 6.08 Å². The molecule has 4 rings (SSSR count). The Balaban J connectivity index is 1.37. The quantitative estimate of drug-likeness (QED) is 0.278. The van der Waals surface area contributed by atoms with Crippen LogP contribution in [0.2, 0.25) is 5.02 Å². The number of ether oxygens (including phenoxy) is 3. The van der Waals surface area contributed by atoms with E-state index < -0.39 is 5.97 Å². The van der Waals surface area contributed by atoms with E-state index in [9.17, 15) is 9.59 Å². The molecule has 0 saturated carbocycles. The summed E-state index contributed by atoms with van der Waals surface area (Å²) in [5.41, 5.74) is 2.93. The van der Waals surface area contributed by atoms with Crippen molar-refractivity contribution in [1.29, 1.82) is 0 Å². The predicted molar refractivity (Wildman–Crippen MR) is 126 cm³/mol. The van der Waals surface area contributed by atoms with Crippen molar-refractivity contribution in [2.75, 3.05) is 13.2 Å². The first-order chi connectivity index (χ1) is 15.9. The summed E-state index contributed by atoms with van der Waals surface area (Å²) in [4.78, 5) is 24.8. The molecule has 6 nitrogen and oxygen atoms in total. The highest BCUT2D eigenvalue weighted by atomic mass is 35.5. The number of rotatable bonds is 7. The van der Waals surface area contributed by atoms with E-state index in [1.807, 2.05) is 54.8 Å². The van der Waals surface area contributed by atoms with E-state index in [0.29, 0.717) is 35.1 Å². The van der Waals surface area contributed by atoms with Gasteiger partial charge in [-0.3, -0.25) is 4.79 Å². The zero-order valence-electron chi connectivity index (χ0n) is 18.4. The number of hydrogen-bond acceptors (Lipinski definition) is 5. The lowest BCUT2D eigenvalue weighted by atomic mass is 10.1. The largest absolute Gasteiger partial charge is 0.486 e. The molecule has 170 valence electrons. The molecule has 3 aromatic rings. The molecule has 1 aliphatic heterocycles. The van der Waals surface area contributed by atoms with Crippen LogP contribution in [0, 0.1) is 13.8 Å². The number of esters is 1. The molecule has 1 aliphatic rings. The van der Waals surface area contributed by atoms with Crippen molar-refractivity contribution >= 4 is 29.4 Å². The van der Waals surface area contributed by atoms with Gasteiger partial charge in [-0.2, -0.15) is 0 Å². The Kier molecular flexibility index (Phi) is 6.84. The van der Waals surface area contributed by atoms with Crippen molar-refractivity contribution in [3.8, 4) is 11.5 Å². The molecule has 0 spiro atoms. The van der Waals surface area contributed by atoms with Gasteiger partial charge >= 0.3 is 5.97 Å². The molecular weight excluding hydrogens is 442 g/mol. The van der Waals surface area contributed by atoms with E-state index in [2.05, 4.69) is 0 Å². The zero-order valence-corrected chi connectivity index (χ0v) is 19.2. The highest BCUT2D eigenvalue weighted by molar-refractivity contribution is 6.32. The molecule has 0 saturated heterocycles. The van der Waals surface area contributed by atoms with Gasteiger partial charge in [0.05, 0.1) is 6.54 Å². The summed E-state index contributed by atoms with van der Waals surface area (Å²) < 4.78 is 19.0. The van der Waals surface area contributed by atoms with Crippen LogP contribution in [0.3, 0.4) is 0 Å². The fourth-order valence-electron chi connectivity index (χ4n) is 3.75. The lowest BCUT2D eigenvalue weighted by Crippen LogP contribution is -2.33. The molecule has 1 unspecified atom stereocenters. The number of hydrogen-bond donors (Lipinski definition) is 0. The Bertz CT molecular complexity index is 1210. The number of halogens is 1. The van der Waals surface area contributed by atoms with Gasteiger partial charge in [0.15, 0.2) is 24.2 Å². The standard InChI is InChI=1S/C26H24ClNO5/c1-17-13-21(23(29)16-32-26(30)12-11-19-7-3-4-8-22(19)27)18(2)28(17)14-20-15-31-24-9-5-6-10-25(24)33-20/h3-13,20H,14-16H2,1-2H3. The molecule has 0 aliphatic carbocycles. The van der Waals surface area contributed by atoms with Crippen LogP contribution in [-0.2, 0) is 16.1 Å². The summed E-state index contributed by atoms with van der Waals surface area (Å²) in [5.74, 6) is 0.573. The number of aromatic nitrogens is 1. The molecule has 1 aromatic heterocycles. The molecule has 2 heterocycles. The second-order valence-corrected chi connectivity index (χ2v) is 8.19. The Morgan fingerprint density at radius 1 is 1.12 bits per heavy atom. The summed E-state index contributed by atoms with van der Waals surface area (Å²) >= 11 is 6.07. The summed E-state index contributed by atoms with van der Waals surface area (Å²) in [6.45, 7) is 4.43. The molecule has 1 atom stereocenters. The van der Waals surface area contributed by atoms with Crippen LogP contribution in [-0.4, -0.2) is 35.6 Å². The Labute approximate surface area is 197 Å². The number of ketones is 1. The summed E-state index contributed by atoms with van der Waals surface area (Å²) in [6.07, 6.45) is 2.64. The van der Waals surface area contributed by atoms with E-state index in [1.165, 1.54) is 6.08 Å². The zero-order chi connectivity index (χ0) is 23.4. The van der Waals surface area contributed by atoms with Gasteiger partial charge in [-0.05, 0) is 49.8 Å². The number of benzene rings is 2. The summed E-state index contributed by atoms with van der Waals surface area (Å²) in [5, 5.41) is 0.529. The molecule has 0 fully saturated rings. The van der Waals surface area contributed by atoms with Gasteiger partial charge in [0, 0.05) is 28.0 Å². The first-order valence-corrected chi connectivity index (χ1v) is 11.0. The SMILES string of the molecule is Cc1cc(C(=O)COC(=O)C=Cc2ccccc2Cl)c(C)n1CC1COc2ccccc2O1. The maximum Gasteiger partial charge on any atom is 0.331 e. The Hall–Kier alpha value is -3.51. The summed E-state index contributed by atoms with van der Waals surface area (Å²) in [6, 6.07) is 16.5. The van der Waals surface area contributed by atoms with E-state index in [-0.39, 0.29) is 18.5 Å². The van der Waals surface area contributed by atoms with Crippen LogP contribution in [0.4, 0.5) is 0 Å². The lowest BCUT2D eigenvalue weighted by molar-refractivity contribution is -0.136. The van der Waals surface area contributed by atoms with Gasteiger partial charge in [0.2, 0.25) is 5.78 Å². The Morgan fingerprint density at radius 2 is 1.85 bits per heavy atom. The van der Waals surface area contributed by atoms with Crippen LogP contribution < -0.4 is 9.47 Å². The maximum atomic E-state index is 12.7. The minimum absolute atomic E-state index is 0.180. The molecule has 2 aromatic carbocycles. The lowest BCUT2D eigenvalue weighted by Gasteiger charge is -2.27. The molecular formula is C26H24ClNO5. The van der Waals surface area contributed by atoms with Crippen molar-refractivity contribution in [2.24, 2.45) is 0 Å². The maximum absolute atomic E-state index is 12.7. The normalized spacial score (nSPS) is 14.9. The first kappa shape index (κ1) is 22.7. The third kappa shape index (κ3) is 5.29. The monoisotopic (exact) mass is 465 g/mol. The van der Waals surface area contributed by atoms with Gasteiger partial charge in [-0.15, -0.1) is 0 Å². The molecule has 33 heavy (non-hydrogen) atoms. The van der Waals surface area contributed by atoms with Crippen LogP contribution in [0.15, 0.2) is 60.7 Å². The molecule has 0 bridgehead atoms. The molecule has 0 N–H and O–H groups in total. The van der Waals surface area contributed by atoms with Gasteiger partial charge in [-0.1, -0.05) is 41.9 Å². The van der Waals surface area contributed by atoms with E-state index in [4.69, 9.17) is 25.8 Å². The fraction of sp³-hybridized carbons (Fsp3) is 0.231. The van der Waals surface area contributed by atoms with E-state index in [1.54, 1.807) is 24.3 Å². The van der Waals surface area contributed by atoms with Crippen LogP contribution >= 0.6 is 11.6 Å². The third-order valence-electron chi connectivity index (χ3n) is 5.48. The van der Waals surface area contributed by atoms with Crippen molar-refractivity contribution in [3.05, 3.63) is 88.2 Å². The van der Waals surface area contributed by atoms with E-state index in [0.717, 1.165) is 17.1 Å². The topological polar surface area (TPSA) is 66.8 Å². The predicted octanol–water partition coefficient (Wildman–Crippen LogP) is 5.04. The van der Waals surface area contributed by atoms with Gasteiger partial charge in [0.1, 0.15) is 6.61 Å². The van der Waals surface area contributed by atoms with Crippen molar-refractivity contribution in [2.45, 2.75) is 26.5 Å². The van der Waals surface area contributed by atoms with Crippen molar-refractivity contribution < 1.29 is 23.8 Å². The molecule has 0 radical (unpaired) electrons. The number of para-hydroxylation sites is 2. The summed E-state index contributed by atoms with van der Waals surface area (Å²) in [7, 11) is 0. The van der Waals surface area contributed by atoms with Gasteiger partial charge < -0.3 is 18.8 Å². The first-order valence-electron chi connectivity index (χ1n) is 10.6. The third-order valence-corrected chi connectivity index (χ3v) is 5.82. The van der Waals surface area contributed by atoms with Gasteiger partial charge in [0.25, 0.3) is 0 Å². The number of Topliss-reactive ketones (excluding diaryl/α,β-unsaturated/α-hetero) is 1. The van der Waals surface area contributed by atoms with Crippen LogP contribution in [0.5, 0.6) is 11.5 Å². The highest BCUT2D eigenvalue weighted by Gasteiger charge is 2.24. The van der Waals surface area contributed by atoms with Crippen molar-refractivity contribution in [1.82, 2.24) is 4.57 Å². The smallest absolute Gasteiger partial charge is 0.331 e. The fourth-order valence-corrected chi connectivity index (χ4v) is 3.95. The number of fused-ring (bicyclic) bond motifs is 1. The number of nitrogens with zero attached hydrogens (tertiary/aromatic N) is 1.